The third kappa shape index (κ3) is 4.61. The lowest BCUT2D eigenvalue weighted by Gasteiger charge is -2.25. The Kier molecular flexibility index (Phi) is 6.33. The monoisotopic (exact) mass is 210 g/mol. The maximum absolute atomic E-state index is 10.9. The summed E-state index contributed by atoms with van der Waals surface area (Å²) < 4.78 is 5.61. The van der Waals surface area contributed by atoms with Crippen molar-refractivity contribution in [3.05, 3.63) is 12.2 Å². The van der Waals surface area contributed by atoms with Gasteiger partial charge in [0.05, 0.1) is 12.0 Å². The third-order valence-electron chi connectivity index (χ3n) is 2.88. The van der Waals surface area contributed by atoms with Crippen molar-refractivity contribution in [3.8, 4) is 0 Å². The summed E-state index contributed by atoms with van der Waals surface area (Å²) >= 11 is 0. The lowest BCUT2D eigenvalue weighted by atomic mass is 9.96. The summed E-state index contributed by atoms with van der Waals surface area (Å²) in [4.78, 5) is 10.9. The van der Waals surface area contributed by atoms with E-state index in [0.29, 0.717) is 0 Å². The van der Waals surface area contributed by atoms with Crippen LogP contribution in [0.25, 0.3) is 0 Å². The fourth-order valence-corrected chi connectivity index (χ4v) is 1.90. The molecule has 0 aromatic carbocycles. The molecule has 2 heteroatoms. The van der Waals surface area contributed by atoms with Gasteiger partial charge in [-0.05, 0) is 25.7 Å². The first-order chi connectivity index (χ1) is 7.38. The van der Waals surface area contributed by atoms with Gasteiger partial charge in [0.2, 0.25) is 0 Å². The molecule has 0 radical (unpaired) electrons. The summed E-state index contributed by atoms with van der Waals surface area (Å²) in [6.07, 6.45) is 12.2. The van der Waals surface area contributed by atoms with Crippen LogP contribution in [-0.2, 0) is 9.53 Å². The number of carbonyl (C=O) groups is 1. The molecule has 0 bridgehead atoms. The molecule has 2 nitrogen and oxygen atoms in total. The van der Waals surface area contributed by atoms with Gasteiger partial charge in [-0.15, -0.1) is 0 Å². The molecule has 0 N–H and O–H groups in total. The van der Waals surface area contributed by atoms with Crippen molar-refractivity contribution in [2.75, 3.05) is 6.61 Å². The molecule has 1 heterocycles. The van der Waals surface area contributed by atoms with Gasteiger partial charge in [0, 0.05) is 6.61 Å². The molecule has 1 aliphatic heterocycles. The van der Waals surface area contributed by atoms with E-state index in [1.807, 2.05) is 6.08 Å². The number of aldehydes is 1. The van der Waals surface area contributed by atoms with E-state index in [1.54, 1.807) is 0 Å². The molecule has 0 aliphatic carbocycles. The van der Waals surface area contributed by atoms with E-state index in [2.05, 4.69) is 13.0 Å². The summed E-state index contributed by atoms with van der Waals surface area (Å²) in [6, 6.07) is 0. The molecule has 0 aromatic rings. The summed E-state index contributed by atoms with van der Waals surface area (Å²) in [5.74, 6) is -0.0258. The number of allylic oxidation sites excluding steroid dienone is 1. The van der Waals surface area contributed by atoms with E-state index in [4.69, 9.17) is 4.74 Å². The maximum Gasteiger partial charge on any atom is 0.129 e. The predicted molar refractivity (Wildman–Crippen MR) is 61.8 cm³/mol. The first kappa shape index (κ1) is 12.4. The Hall–Kier alpha value is -0.630. The molecule has 0 unspecified atom stereocenters. The Morgan fingerprint density at radius 3 is 2.93 bits per heavy atom. The van der Waals surface area contributed by atoms with Crippen LogP contribution in [0.4, 0.5) is 0 Å². The van der Waals surface area contributed by atoms with E-state index in [9.17, 15) is 4.79 Å². The van der Waals surface area contributed by atoms with Crippen LogP contribution in [0.1, 0.15) is 45.4 Å². The quantitative estimate of drug-likeness (QED) is 0.382. The van der Waals surface area contributed by atoms with E-state index < -0.39 is 0 Å². The van der Waals surface area contributed by atoms with E-state index in [1.165, 1.54) is 19.3 Å². The average molecular weight is 210 g/mol. The fraction of sp³-hybridized carbons (Fsp3) is 0.769. The second-order valence-electron chi connectivity index (χ2n) is 4.19. The minimum Gasteiger partial charge on any atom is -0.377 e. The lowest BCUT2D eigenvalue weighted by molar-refractivity contribution is -0.115. The van der Waals surface area contributed by atoms with Gasteiger partial charge in [0.1, 0.15) is 6.29 Å². The van der Waals surface area contributed by atoms with E-state index in [0.717, 1.165) is 32.2 Å². The fourth-order valence-electron chi connectivity index (χ4n) is 1.90. The van der Waals surface area contributed by atoms with Crippen LogP contribution in [0, 0.1) is 5.92 Å². The van der Waals surface area contributed by atoms with Crippen LogP contribution in [0.15, 0.2) is 12.2 Å². The van der Waals surface area contributed by atoms with Crippen molar-refractivity contribution in [3.63, 3.8) is 0 Å². The van der Waals surface area contributed by atoms with Crippen molar-refractivity contribution in [1.82, 2.24) is 0 Å². The molecule has 1 aliphatic rings. The van der Waals surface area contributed by atoms with Crippen molar-refractivity contribution in [1.29, 1.82) is 0 Å². The number of hydrogen-bond donors (Lipinski definition) is 0. The van der Waals surface area contributed by atoms with E-state index >= 15 is 0 Å². The number of rotatable bonds is 6. The van der Waals surface area contributed by atoms with Gasteiger partial charge < -0.3 is 9.53 Å². The molecule has 1 fully saturated rings. The highest BCUT2D eigenvalue weighted by atomic mass is 16.5. The van der Waals surface area contributed by atoms with Crippen LogP contribution in [0.2, 0.25) is 0 Å². The minimum atomic E-state index is -0.0258. The number of ether oxygens (including phenoxy) is 1. The maximum atomic E-state index is 10.9. The van der Waals surface area contributed by atoms with Crippen molar-refractivity contribution in [2.24, 2.45) is 5.92 Å². The Balaban J connectivity index is 2.33. The second kappa shape index (κ2) is 7.63. The van der Waals surface area contributed by atoms with Crippen molar-refractivity contribution < 1.29 is 9.53 Å². The molecule has 0 amide bonds. The molecular formula is C13H22O2. The second-order valence-corrected chi connectivity index (χ2v) is 4.19. The zero-order chi connectivity index (χ0) is 10.9. The number of carbonyl (C=O) groups excluding carboxylic acids is 1. The SMILES string of the molecule is CCCC/C=C/[C@@H](C=O)[C@H]1CCCCO1. The average Bonchev–Trinajstić information content (AvgIpc) is 2.30. The molecule has 0 saturated carbocycles. The number of hydrogen-bond acceptors (Lipinski definition) is 2. The van der Waals surface area contributed by atoms with E-state index in [-0.39, 0.29) is 12.0 Å². The molecule has 1 saturated heterocycles. The largest absolute Gasteiger partial charge is 0.377 e. The first-order valence-corrected chi connectivity index (χ1v) is 6.12. The third-order valence-corrected chi connectivity index (χ3v) is 2.88. The van der Waals surface area contributed by atoms with Crippen LogP contribution >= 0.6 is 0 Å². The first-order valence-electron chi connectivity index (χ1n) is 6.12. The van der Waals surface area contributed by atoms with Crippen molar-refractivity contribution in [2.45, 2.75) is 51.6 Å². The van der Waals surface area contributed by atoms with Gasteiger partial charge >= 0.3 is 0 Å². The molecule has 15 heavy (non-hydrogen) atoms. The topological polar surface area (TPSA) is 26.3 Å². The highest BCUT2D eigenvalue weighted by Crippen LogP contribution is 2.20. The van der Waals surface area contributed by atoms with Gasteiger partial charge in [-0.25, -0.2) is 0 Å². The highest BCUT2D eigenvalue weighted by Gasteiger charge is 2.21. The number of unbranched alkanes of at least 4 members (excludes halogenated alkanes) is 2. The predicted octanol–water partition coefficient (Wildman–Crippen LogP) is 3.12. The van der Waals surface area contributed by atoms with Crippen LogP contribution in [0.3, 0.4) is 0 Å². The Morgan fingerprint density at radius 1 is 1.47 bits per heavy atom. The summed E-state index contributed by atoms with van der Waals surface area (Å²) in [5.41, 5.74) is 0. The summed E-state index contributed by atoms with van der Waals surface area (Å²) in [7, 11) is 0. The standard InChI is InChI=1S/C13H22O2/c1-2-3-4-5-8-12(11-14)13-9-6-7-10-15-13/h5,8,11-13H,2-4,6-7,9-10H2,1H3/b8-5+/t12-,13+/m0/s1. The molecule has 1 rings (SSSR count). The van der Waals surface area contributed by atoms with Gasteiger partial charge in [-0.3, -0.25) is 0 Å². The Morgan fingerprint density at radius 2 is 2.33 bits per heavy atom. The highest BCUT2D eigenvalue weighted by molar-refractivity contribution is 5.57. The molecule has 2 atom stereocenters. The van der Waals surface area contributed by atoms with Gasteiger partial charge in [0.25, 0.3) is 0 Å². The lowest BCUT2D eigenvalue weighted by Crippen LogP contribution is -2.27. The summed E-state index contributed by atoms with van der Waals surface area (Å²) in [5, 5.41) is 0. The molecule has 86 valence electrons. The zero-order valence-electron chi connectivity index (χ0n) is 9.65. The Labute approximate surface area is 92.7 Å². The Bertz CT molecular complexity index is 193. The van der Waals surface area contributed by atoms with Gasteiger partial charge in [-0.1, -0.05) is 31.9 Å². The smallest absolute Gasteiger partial charge is 0.129 e. The normalized spacial score (nSPS) is 24.2. The van der Waals surface area contributed by atoms with Gasteiger partial charge in [0.15, 0.2) is 0 Å². The van der Waals surface area contributed by atoms with Gasteiger partial charge in [-0.2, -0.15) is 0 Å². The molecule has 0 aromatic heterocycles. The van der Waals surface area contributed by atoms with Crippen LogP contribution < -0.4 is 0 Å². The van der Waals surface area contributed by atoms with Crippen molar-refractivity contribution >= 4 is 6.29 Å². The summed E-state index contributed by atoms with van der Waals surface area (Å²) in [6.45, 7) is 2.99. The zero-order valence-corrected chi connectivity index (χ0v) is 9.65. The van der Waals surface area contributed by atoms with Crippen LogP contribution in [-0.4, -0.2) is 19.0 Å². The molecule has 0 spiro atoms. The minimum absolute atomic E-state index is 0.0258. The van der Waals surface area contributed by atoms with Crippen LogP contribution in [0.5, 0.6) is 0 Å². The molecular weight excluding hydrogens is 188 g/mol.